The van der Waals surface area contributed by atoms with Gasteiger partial charge in [-0.15, -0.1) is 0 Å². The van der Waals surface area contributed by atoms with Crippen LogP contribution in [-0.4, -0.2) is 34.1 Å². The van der Waals surface area contributed by atoms with Crippen molar-refractivity contribution in [1.29, 1.82) is 0 Å². The molecule has 5 heteroatoms. The van der Waals surface area contributed by atoms with Gasteiger partial charge in [-0.1, -0.05) is 18.2 Å². The first-order valence-corrected chi connectivity index (χ1v) is 7.41. The maximum Gasteiger partial charge on any atom is 0.219 e. The molecule has 0 unspecified atom stereocenters. The van der Waals surface area contributed by atoms with E-state index >= 15 is 0 Å². The highest BCUT2D eigenvalue weighted by Gasteiger charge is 2.29. The minimum absolute atomic E-state index is 0.134. The van der Waals surface area contributed by atoms with Crippen molar-refractivity contribution in [3.8, 4) is 0 Å². The van der Waals surface area contributed by atoms with Crippen molar-refractivity contribution < 1.29 is 4.79 Å². The van der Waals surface area contributed by atoms with Crippen LogP contribution >= 0.6 is 0 Å². The molecule has 4 rings (SSSR count). The van der Waals surface area contributed by atoms with Gasteiger partial charge in [0.1, 0.15) is 0 Å². The van der Waals surface area contributed by atoms with Crippen molar-refractivity contribution in [1.82, 2.24) is 15.1 Å². The van der Waals surface area contributed by atoms with Crippen LogP contribution in [0.2, 0.25) is 0 Å². The number of para-hydroxylation sites is 1. The Morgan fingerprint density at radius 2 is 2.10 bits per heavy atom. The van der Waals surface area contributed by atoms with E-state index in [9.17, 15) is 4.79 Å². The van der Waals surface area contributed by atoms with Crippen LogP contribution in [0.1, 0.15) is 23.7 Å². The average molecular weight is 282 g/mol. The number of nitrogens with one attached hydrogen (secondary N) is 1. The molecule has 0 bridgehead atoms. The summed E-state index contributed by atoms with van der Waals surface area (Å²) in [5, 5.41) is 7.70. The molecule has 2 aliphatic rings. The van der Waals surface area contributed by atoms with Gasteiger partial charge in [0.05, 0.1) is 6.54 Å². The molecule has 0 atom stereocenters. The highest BCUT2D eigenvalue weighted by molar-refractivity contribution is 5.75. The van der Waals surface area contributed by atoms with Gasteiger partial charge >= 0.3 is 0 Å². The fourth-order valence-corrected chi connectivity index (χ4v) is 3.33. The van der Waals surface area contributed by atoms with Crippen molar-refractivity contribution in [2.75, 3.05) is 18.0 Å². The second-order valence-electron chi connectivity index (χ2n) is 5.73. The summed E-state index contributed by atoms with van der Waals surface area (Å²) in [6.45, 7) is 4.03. The third-order valence-electron chi connectivity index (χ3n) is 4.50. The molecule has 0 spiro atoms. The van der Waals surface area contributed by atoms with Gasteiger partial charge in [0.2, 0.25) is 5.91 Å². The van der Waals surface area contributed by atoms with Crippen molar-refractivity contribution in [2.45, 2.75) is 26.3 Å². The van der Waals surface area contributed by atoms with Crippen molar-refractivity contribution in [3.63, 3.8) is 0 Å². The minimum Gasteiger partial charge on any atom is -0.338 e. The molecule has 0 aliphatic carbocycles. The molecule has 1 amide bonds. The van der Waals surface area contributed by atoms with E-state index in [4.69, 9.17) is 0 Å². The highest BCUT2D eigenvalue weighted by atomic mass is 16.2. The Kier molecular flexibility index (Phi) is 2.74. The van der Waals surface area contributed by atoms with Crippen molar-refractivity contribution in [3.05, 3.63) is 41.1 Å². The second kappa shape index (κ2) is 4.62. The Labute approximate surface area is 123 Å². The minimum atomic E-state index is 0.134. The Bertz CT molecular complexity index is 706. The molecule has 21 heavy (non-hydrogen) atoms. The zero-order chi connectivity index (χ0) is 14.4. The first-order valence-electron chi connectivity index (χ1n) is 7.41. The lowest BCUT2D eigenvalue weighted by Gasteiger charge is -2.27. The number of amides is 1. The normalized spacial score (nSPS) is 16.8. The molecule has 0 saturated carbocycles. The smallest absolute Gasteiger partial charge is 0.219 e. The van der Waals surface area contributed by atoms with E-state index in [1.54, 1.807) is 6.92 Å². The topological polar surface area (TPSA) is 52.2 Å². The third-order valence-corrected chi connectivity index (χ3v) is 4.50. The molecule has 2 aromatic rings. The van der Waals surface area contributed by atoms with E-state index in [0.717, 1.165) is 31.7 Å². The lowest BCUT2D eigenvalue weighted by Crippen LogP contribution is -2.34. The van der Waals surface area contributed by atoms with Gasteiger partial charge in [0.25, 0.3) is 0 Å². The molecule has 1 N–H and O–H groups in total. The van der Waals surface area contributed by atoms with E-state index in [1.165, 1.54) is 22.5 Å². The Morgan fingerprint density at radius 1 is 1.24 bits per heavy atom. The number of aromatic nitrogens is 2. The van der Waals surface area contributed by atoms with E-state index < -0.39 is 0 Å². The van der Waals surface area contributed by atoms with E-state index in [2.05, 4.69) is 39.4 Å². The second-order valence-corrected chi connectivity index (χ2v) is 5.73. The summed E-state index contributed by atoms with van der Waals surface area (Å²) in [5.41, 5.74) is 4.96. The molecule has 0 radical (unpaired) electrons. The Balaban J connectivity index is 1.72. The monoisotopic (exact) mass is 282 g/mol. The number of rotatable bonds is 1. The number of H-pyrrole nitrogens is 1. The molecule has 1 aromatic heterocycles. The number of carbonyl (C=O) groups excluding carboxylic acids is 1. The summed E-state index contributed by atoms with van der Waals surface area (Å²) >= 11 is 0. The summed E-state index contributed by atoms with van der Waals surface area (Å²) in [5.74, 6) is 1.12. The van der Waals surface area contributed by atoms with Crippen LogP contribution in [0.25, 0.3) is 0 Å². The summed E-state index contributed by atoms with van der Waals surface area (Å²) in [4.78, 5) is 15.8. The van der Waals surface area contributed by atoms with E-state index in [-0.39, 0.29) is 5.91 Å². The Morgan fingerprint density at radius 3 is 2.95 bits per heavy atom. The Hall–Kier alpha value is -2.30. The number of fused-ring (bicyclic) bond motifs is 2. The lowest BCUT2D eigenvalue weighted by molar-refractivity contribution is -0.129. The summed E-state index contributed by atoms with van der Waals surface area (Å²) in [6.07, 6.45) is 1.91. The van der Waals surface area contributed by atoms with Gasteiger partial charge in [-0.25, -0.2) is 0 Å². The van der Waals surface area contributed by atoms with E-state index in [1.807, 2.05) is 4.90 Å². The molecular formula is C16H18N4O. The maximum absolute atomic E-state index is 11.6. The fraction of sp³-hybridized carbons (Fsp3) is 0.375. The van der Waals surface area contributed by atoms with Gasteiger partial charge in [-0.05, 0) is 18.1 Å². The first-order chi connectivity index (χ1) is 10.2. The molecule has 2 aliphatic heterocycles. The van der Waals surface area contributed by atoms with Crippen LogP contribution < -0.4 is 4.90 Å². The number of carbonyl (C=O) groups is 1. The molecule has 1 aromatic carbocycles. The summed E-state index contributed by atoms with van der Waals surface area (Å²) in [7, 11) is 0. The van der Waals surface area contributed by atoms with Crippen molar-refractivity contribution >= 4 is 17.4 Å². The van der Waals surface area contributed by atoms with Crippen LogP contribution in [0.4, 0.5) is 11.5 Å². The largest absolute Gasteiger partial charge is 0.338 e. The fourth-order valence-electron chi connectivity index (χ4n) is 3.33. The summed E-state index contributed by atoms with van der Waals surface area (Å²) in [6, 6.07) is 8.48. The number of hydrogen-bond acceptors (Lipinski definition) is 3. The summed E-state index contributed by atoms with van der Waals surface area (Å²) < 4.78 is 0. The van der Waals surface area contributed by atoms with Crippen LogP contribution in [0.5, 0.6) is 0 Å². The first kappa shape index (κ1) is 12.4. The lowest BCUT2D eigenvalue weighted by atomic mass is 10.1. The quantitative estimate of drug-likeness (QED) is 0.870. The number of anilines is 2. The number of benzene rings is 1. The molecular weight excluding hydrogens is 264 g/mol. The van der Waals surface area contributed by atoms with Gasteiger partial charge in [0.15, 0.2) is 5.82 Å². The van der Waals surface area contributed by atoms with Crippen LogP contribution in [0.3, 0.4) is 0 Å². The van der Waals surface area contributed by atoms with Gasteiger partial charge in [-0.2, -0.15) is 5.10 Å². The number of hydrogen-bond donors (Lipinski definition) is 1. The predicted molar refractivity (Wildman–Crippen MR) is 80.5 cm³/mol. The van der Waals surface area contributed by atoms with Gasteiger partial charge < -0.3 is 9.80 Å². The maximum atomic E-state index is 11.6. The number of nitrogens with zero attached hydrogens (tertiary/aromatic N) is 3. The standard InChI is InChI=1S/C16H18N4O/c1-11(21)19-8-7-14-13(10-19)16(18-17-14)20-9-6-12-4-2-3-5-15(12)20/h2-5H,6-10H2,1H3,(H,17,18). The zero-order valence-corrected chi connectivity index (χ0v) is 12.1. The van der Waals surface area contributed by atoms with E-state index in [0.29, 0.717) is 6.54 Å². The molecule has 5 nitrogen and oxygen atoms in total. The van der Waals surface area contributed by atoms with Crippen LogP contribution in [0.15, 0.2) is 24.3 Å². The SMILES string of the molecule is CC(=O)N1CCc2[nH]nc(N3CCc4ccccc43)c2C1. The molecule has 108 valence electrons. The van der Waals surface area contributed by atoms with Crippen LogP contribution in [-0.2, 0) is 24.2 Å². The molecule has 0 fully saturated rings. The molecule has 0 saturated heterocycles. The van der Waals surface area contributed by atoms with Gasteiger partial charge in [0, 0.05) is 43.4 Å². The highest BCUT2D eigenvalue weighted by Crippen LogP contribution is 2.37. The van der Waals surface area contributed by atoms with Gasteiger partial charge in [-0.3, -0.25) is 9.89 Å². The molecule has 3 heterocycles. The van der Waals surface area contributed by atoms with Crippen LogP contribution in [0, 0.1) is 0 Å². The third kappa shape index (κ3) is 1.92. The zero-order valence-electron chi connectivity index (χ0n) is 12.1. The number of aromatic amines is 1. The van der Waals surface area contributed by atoms with Crippen molar-refractivity contribution in [2.24, 2.45) is 0 Å². The predicted octanol–water partition coefficient (Wildman–Crippen LogP) is 2.01. The average Bonchev–Trinajstić information content (AvgIpc) is 3.09.